The summed E-state index contributed by atoms with van der Waals surface area (Å²) in [6.45, 7) is 0. The summed E-state index contributed by atoms with van der Waals surface area (Å²) in [6.07, 6.45) is -0.116. The van der Waals surface area contributed by atoms with E-state index in [1.165, 1.54) is 0 Å². The summed E-state index contributed by atoms with van der Waals surface area (Å²) in [5.74, 6) is -4.64. The number of carbonyl (C=O) groups is 4. The summed E-state index contributed by atoms with van der Waals surface area (Å²) in [7, 11) is 0. The van der Waals surface area contributed by atoms with Crippen LogP contribution < -0.4 is 0 Å². The van der Waals surface area contributed by atoms with Crippen LogP contribution in [0, 0.1) is 11.8 Å². The van der Waals surface area contributed by atoms with Gasteiger partial charge in [-0.25, -0.2) is 0 Å². The molecule has 0 atom stereocenters. The number of esters is 4. The second kappa shape index (κ2) is 2.38. The lowest BCUT2D eigenvalue weighted by Gasteiger charge is -2.27. The number of cyclic esters (lactones) is 4. The lowest BCUT2D eigenvalue weighted by Crippen LogP contribution is -2.48. The second-order valence-corrected chi connectivity index (χ2v) is 2.82. The van der Waals surface area contributed by atoms with Gasteiger partial charge in [-0.05, 0) is 6.42 Å². The van der Waals surface area contributed by atoms with Crippen LogP contribution >= 0.6 is 0 Å². The Morgan fingerprint density at radius 3 is 1.31 bits per heavy atom. The largest absolute Gasteiger partial charge is 0.392 e. The molecule has 0 radical (unpaired) electrons. The molecule has 0 N–H and O–H groups in total. The van der Waals surface area contributed by atoms with Crippen molar-refractivity contribution >= 4 is 23.9 Å². The molecule has 68 valence electrons. The smallest absolute Gasteiger partial charge is 0.328 e. The molecular weight excluding hydrogens is 180 g/mol. The second-order valence-electron chi connectivity index (χ2n) is 2.82. The Labute approximate surface area is 71.8 Å². The van der Waals surface area contributed by atoms with Gasteiger partial charge in [0.2, 0.25) is 0 Å². The van der Waals surface area contributed by atoms with Crippen molar-refractivity contribution < 1.29 is 28.7 Å². The number of hydrogen-bond donors (Lipinski definition) is 0. The lowest BCUT2D eigenvalue weighted by atomic mass is 9.90. The third kappa shape index (κ3) is 1.02. The molecular formula is C7H4O6. The van der Waals surface area contributed by atoms with E-state index in [2.05, 4.69) is 9.47 Å². The van der Waals surface area contributed by atoms with E-state index in [1.807, 2.05) is 0 Å². The predicted octanol–water partition coefficient (Wildman–Crippen LogP) is -1.22. The van der Waals surface area contributed by atoms with Crippen molar-refractivity contribution in [2.75, 3.05) is 0 Å². The highest BCUT2D eigenvalue weighted by atomic mass is 16.6. The Morgan fingerprint density at radius 2 is 1.08 bits per heavy atom. The Balaban J connectivity index is 1.98. The fraction of sp³-hybridized carbons (Fsp3) is 0.429. The average molecular weight is 184 g/mol. The van der Waals surface area contributed by atoms with Crippen LogP contribution in [0.4, 0.5) is 0 Å². The fourth-order valence-corrected chi connectivity index (χ4v) is 1.18. The Kier molecular flexibility index (Phi) is 1.45. The Morgan fingerprint density at radius 1 is 0.769 bits per heavy atom. The van der Waals surface area contributed by atoms with Gasteiger partial charge in [0.05, 0.1) is 0 Å². The molecule has 0 aromatic carbocycles. The van der Waals surface area contributed by atoms with E-state index < -0.39 is 35.7 Å². The van der Waals surface area contributed by atoms with Gasteiger partial charge in [-0.1, -0.05) is 0 Å². The zero-order chi connectivity index (χ0) is 9.59. The number of rotatable bonds is 2. The molecule has 2 rings (SSSR count). The minimum Gasteiger partial charge on any atom is -0.392 e. The molecule has 0 bridgehead atoms. The van der Waals surface area contributed by atoms with Crippen LogP contribution in [-0.4, -0.2) is 23.9 Å². The topological polar surface area (TPSA) is 86.7 Å². The van der Waals surface area contributed by atoms with Crippen molar-refractivity contribution in [3.05, 3.63) is 0 Å². The maximum Gasteiger partial charge on any atom is 0.328 e. The van der Waals surface area contributed by atoms with Crippen LogP contribution in [0.25, 0.3) is 0 Å². The molecule has 2 heterocycles. The van der Waals surface area contributed by atoms with Crippen LogP contribution in [-0.2, 0) is 28.7 Å². The van der Waals surface area contributed by atoms with Gasteiger partial charge in [-0.3, -0.25) is 19.2 Å². The molecule has 0 aromatic rings. The van der Waals surface area contributed by atoms with Gasteiger partial charge in [-0.2, -0.15) is 0 Å². The fourth-order valence-electron chi connectivity index (χ4n) is 1.18. The SMILES string of the molecule is O=C1OC(=O)C1CC1C(=O)OC1=O. The molecule has 0 spiro atoms. The Bertz CT molecular complexity index is 270. The van der Waals surface area contributed by atoms with E-state index in [0.717, 1.165) is 0 Å². The van der Waals surface area contributed by atoms with Crippen LogP contribution in [0.15, 0.2) is 0 Å². The summed E-state index contributed by atoms with van der Waals surface area (Å²) in [5, 5.41) is 0. The molecule has 2 aliphatic heterocycles. The van der Waals surface area contributed by atoms with Gasteiger partial charge in [0, 0.05) is 0 Å². The monoisotopic (exact) mass is 184 g/mol. The first-order valence-electron chi connectivity index (χ1n) is 3.60. The van der Waals surface area contributed by atoms with Crippen molar-refractivity contribution in [2.45, 2.75) is 6.42 Å². The number of hydrogen-bond acceptors (Lipinski definition) is 6. The maximum absolute atomic E-state index is 10.6. The lowest BCUT2D eigenvalue weighted by molar-refractivity contribution is -0.191. The van der Waals surface area contributed by atoms with Gasteiger partial charge in [0.15, 0.2) is 11.8 Å². The van der Waals surface area contributed by atoms with Gasteiger partial charge >= 0.3 is 23.9 Å². The standard InChI is InChI=1S/C7H4O6/c8-4-2(5(9)12-4)1-3-6(10)13-7(3)11/h2-3H,1H2. The van der Waals surface area contributed by atoms with Crippen molar-refractivity contribution in [1.82, 2.24) is 0 Å². The number of carbonyl (C=O) groups excluding carboxylic acids is 4. The highest BCUT2D eigenvalue weighted by molar-refractivity contribution is 6.13. The van der Waals surface area contributed by atoms with E-state index in [-0.39, 0.29) is 6.42 Å². The summed E-state index contributed by atoms with van der Waals surface area (Å²) in [6, 6.07) is 0. The molecule has 0 aromatic heterocycles. The molecule has 6 nitrogen and oxygen atoms in total. The molecule has 2 aliphatic rings. The molecule has 6 heteroatoms. The van der Waals surface area contributed by atoms with Crippen molar-refractivity contribution in [1.29, 1.82) is 0 Å². The van der Waals surface area contributed by atoms with Crippen molar-refractivity contribution in [2.24, 2.45) is 11.8 Å². The first-order valence-corrected chi connectivity index (χ1v) is 3.60. The van der Waals surface area contributed by atoms with Gasteiger partial charge in [-0.15, -0.1) is 0 Å². The molecule has 0 aliphatic carbocycles. The third-order valence-corrected chi connectivity index (χ3v) is 2.01. The van der Waals surface area contributed by atoms with Crippen LogP contribution in [0.3, 0.4) is 0 Å². The zero-order valence-corrected chi connectivity index (χ0v) is 6.31. The highest BCUT2D eigenvalue weighted by Crippen LogP contribution is 2.28. The minimum absolute atomic E-state index is 0.116. The normalized spacial score (nSPS) is 23.4. The highest BCUT2D eigenvalue weighted by Gasteiger charge is 2.51. The third-order valence-electron chi connectivity index (χ3n) is 2.01. The summed E-state index contributed by atoms with van der Waals surface area (Å²) in [5.41, 5.74) is 0. The molecule has 0 saturated carbocycles. The molecule has 13 heavy (non-hydrogen) atoms. The van der Waals surface area contributed by atoms with Crippen molar-refractivity contribution in [3.63, 3.8) is 0 Å². The van der Waals surface area contributed by atoms with E-state index in [4.69, 9.17) is 0 Å². The number of ether oxygens (including phenoxy) is 2. The van der Waals surface area contributed by atoms with E-state index in [9.17, 15) is 19.2 Å². The van der Waals surface area contributed by atoms with Crippen LogP contribution in [0.2, 0.25) is 0 Å². The van der Waals surface area contributed by atoms with Crippen LogP contribution in [0.5, 0.6) is 0 Å². The van der Waals surface area contributed by atoms with E-state index in [1.54, 1.807) is 0 Å². The summed E-state index contributed by atoms with van der Waals surface area (Å²) >= 11 is 0. The van der Waals surface area contributed by atoms with Gasteiger partial charge < -0.3 is 9.47 Å². The van der Waals surface area contributed by atoms with Gasteiger partial charge in [0.25, 0.3) is 0 Å². The minimum atomic E-state index is -0.957. The molecule has 2 saturated heterocycles. The summed E-state index contributed by atoms with van der Waals surface area (Å²) in [4.78, 5) is 42.5. The molecule has 0 amide bonds. The van der Waals surface area contributed by atoms with Crippen LogP contribution in [0.1, 0.15) is 6.42 Å². The van der Waals surface area contributed by atoms with E-state index in [0.29, 0.717) is 0 Å². The summed E-state index contributed by atoms with van der Waals surface area (Å²) < 4.78 is 8.10. The molecule has 2 fully saturated rings. The van der Waals surface area contributed by atoms with E-state index >= 15 is 0 Å². The first kappa shape index (κ1) is 7.90. The zero-order valence-electron chi connectivity index (χ0n) is 6.31. The average Bonchev–Trinajstić information content (AvgIpc) is 2.04. The predicted molar refractivity (Wildman–Crippen MR) is 33.8 cm³/mol. The van der Waals surface area contributed by atoms with Crippen molar-refractivity contribution in [3.8, 4) is 0 Å². The Hall–Kier alpha value is -1.72. The quantitative estimate of drug-likeness (QED) is 0.394. The van der Waals surface area contributed by atoms with Gasteiger partial charge in [0.1, 0.15) is 0 Å². The maximum atomic E-state index is 10.6. The first-order chi connectivity index (χ1) is 6.09. The molecule has 0 unspecified atom stereocenters.